The zero-order chi connectivity index (χ0) is 44.0. The second-order valence-electron chi connectivity index (χ2n) is 14.5. The Labute approximate surface area is 356 Å². The van der Waals surface area contributed by atoms with Crippen LogP contribution in [0.1, 0.15) is 49.6 Å². The molecule has 4 aromatic carbocycles. The molecule has 2 aliphatic heterocycles. The Bertz CT molecular complexity index is 2910. The number of alkyl halides is 6. The number of halogens is 6. The van der Waals surface area contributed by atoms with Gasteiger partial charge in [-0.15, -0.1) is 0 Å². The Hall–Kier alpha value is -7.37. The highest BCUT2D eigenvalue weighted by atomic mass is 19.4. The summed E-state index contributed by atoms with van der Waals surface area (Å²) in [5.41, 5.74) is 5.97. The Morgan fingerprint density at radius 3 is 1.73 bits per heavy atom. The van der Waals surface area contributed by atoms with Crippen LogP contribution in [0.25, 0.3) is 21.8 Å². The summed E-state index contributed by atoms with van der Waals surface area (Å²) in [5.74, 6) is 1.51. The lowest BCUT2D eigenvalue weighted by Crippen LogP contribution is -2.19. The highest BCUT2D eigenvalue weighted by Gasteiger charge is 2.35. The summed E-state index contributed by atoms with van der Waals surface area (Å²) in [6, 6.07) is 30.3. The van der Waals surface area contributed by atoms with Gasteiger partial charge in [-0.25, -0.2) is 19.9 Å². The third-order valence-corrected chi connectivity index (χ3v) is 10.2. The van der Waals surface area contributed by atoms with Crippen molar-refractivity contribution in [2.45, 2.75) is 45.1 Å². The first-order valence-electron chi connectivity index (χ1n) is 19.5. The molecule has 8 aromatic rings. The number of nitrogens with zero attached hydrogens (tertiary/aromatic N) is 7. The van der Waals surface area contributed by atoms with Crippen molar-refractivity contribution in [2.24, 2.45) is 0 Å². The van der Waals surface area contributed by atoms with Gasteiger partial charge in [-0.2, -0.15) is 26.3 Å². The monoisotopic (exact) mass is 858 g/mol. The molecule has 6 heterocycles. The van der Waals surface area contributed by atoms with E-state index in [0.29, 0.717) is 18.9 Å². The first-order valence-corrected chi connectivity index (χ1v) is 19.5. The molecule has 0 saturated carbocycles. The predicted molar refractivity (Wildman–Crippen MR) is 226 cm³/mol. The van der Waals surface area contributed by atoms with Crippen molar-refractivity contribution >= 4 is 51.1 Å². The van der Waals surface area contributed by atoms with E-state index in [4.69, 9.17) is 0 Å². The maximum atomic E-state index is 13.3. The quantitative estimate of drug-likeness (QED) is 0.104. The molecular weight excluding hydrogens is 823 g/mol. The molecule has 0 aliphatic carbocycles. The second-order valence-corrected chi connectivity index (χ2v) is 14.5. The van der Waals surface area contributed by atoms with Crippen LogP contribution in [0.3, 0.4) is 0 Å². The molecule has 0 atom stereocenters. The number of hydrogen-bond donors (Lipinski definition) is 3. The van der Waals surface area contributed by atoms with Crippen molar-refractivity contribution in [2.75, 3.05) is 10.6 Å². The molecule has 11 nitrogen and oxygen atoms in total. The van der Waals surface area contributed by atoms with E-state index in [0.717, 1.165) is 92.8 Å². The zero-order valence-corrected chi connectivity index (χ0v) is 33.1. The van der Waals surface area contributed by atoms with Crippen molar-refractivity contribution in [1.29, 1.82) is 0 Å². The van der Waals surface area contributed by atoms with E-state index in [1.165, 1.54) is 30.6 Å². The number of rotatable bonds is 7. The van der Waals surface area contributed by atoms with E-state index in [9.17, 15) is 31.1 Å². The normalized spacial score (nSPS) is 13.3. The van der Waals surface area contributed by atoms with E-state index in [1.807, 2.05) is 59.6 Å². The summed E-state index contributed by atoms with van der Waals surface area (Å²) in [6.45, 7) is 2.73. The molecule has 63 heavy (non-hydrogen) atoms. The molecule has 0 spiro atoms. The number of carbonyl (C=O) groups excluding carboxylic acids is 1. The number of carbonyl (C=O) groups is 1. The molecule has 17 heteroatoms. The fraction of sp³-hybridized carbons (Fsp3) is 0.152. The molecule has 318 valence electrons. The van der Waals surface area contributed by atoms with Gasteiger partial charge in [0.05, 0.1) is 57.3 Å². The number of hydrogen-bond acceptors (Lipinski definition) is 11. The van der Waals surface area contributed by atoms with Crippen LogP contribution in [0, 0.1) is 0 Å². The number of para-hydroxylation sites is 2. The number of aldehydes is 1. The van der Waals surface area contributed by atoms with E-state index >= 15 is 0 Å². The zero-order valence-electron chi connectivity index (χ0n) is 33.1. The average Bonchev–Trinajstić information content (AvgIpc) is 3.95. The highest BCUT2D eigenvalue weighted by Crippen LogP contribution is 2.35. The van der Waals surface area contributed by atoms with E-state index in [2.05, 4.69) is 58.0 Å². The fourth-order valence-corrected chi connectivity index (χ4v) is 7.25. The van der Waals surface area contributed by atoms with Crippen LogP contribution in [0.15, 0.2) is 134 Å². The Morgan fingerprint density at radius 2 is 1.13 bits per heavy atom. The molecule has 0 saturated heterocycles. The minimum atomic E-state index is -4.45. The first-order chi connectivity index (χ1) is 30.4. The molecule has 2 aliphatic rings. The summed E-state index contributed by atoms with van der Waals surface area (Å²) >= 11 is 0. The highest BCUT2D eigenvalue weighted by molar-refractivity contribution is 5.83. The van der Waals surface area contributed by atoms with E-state index < -0.39 is 23.5 Å². The average molecular weight is 859 g/mol. The molecule has 0 fully saturated rings. The smallest absolute Gasteiger partial charge is 0.339 e. The molecule has 0 amide bonds. The van der Waals surface area contributed by atoms with Crippen LogP contribution in [0.4, 0.5) is 49.4 Å². The molecular formula is C46H36F6N10O. The Balaban J connectivity index is 0.000000145. The number of pyridine rings is 2. The summed E-state index contributed by atoms with van der Waals surface area (Å²) < 4.78 is 76.3. The fourth-order valence-electron chi connectivity index (χ4n) is 7.25. The van der Waals surface area contributed by atoms with Crippen molar-refractivity contribution in [3.63, 3.8) is 0 Å². The standard InChI is InChI=1S/C23H18F3N5.C15H13N5.C8H5F3O/c24-23(25,26)19-7-3-1-6-16(19)11-31-12-18-21(13-31)28-14-29-22(18)30-17-9-15-5-2-4-8-20(15)27-10-17;1-2-4-13-10(3-1)5-11(6-17-13)20-15-12-7-16-8-14(12)18-9-19-15;9-8(10,11)7-4-2-1-3-6(7)5-12/h1-10,14H,11-13H2,(H,28,29,30);1-6,9,16H,7-8H2,(H,18,19,20);1-5H. The predicted octanol–water partition coefficient (Wildman–Crippen LogP) is 10.2. The number of nitrogens with one attached hydrogen (secondary N) is 3. The van der Waals surface area contributed by atoms with Crippen LogP contribution in [0.2, 0.25) is 0 Å². The van der Waals surface area contributed by atoms with Gasteiger partial charge >= 0.3 is 12.4 Å². The maximum absolute atomic E-state index is 13.3. The van der Waals surface area contributed by atoms with Crippen LogP contribution < -0.4 is 16.0 Å². The number of aromatic nitrogens is 6. The SMILES string of the molecule is FC(F)(F)c1ccccc1CN1Cc2ncnc(Nc3cnc4ccccc4c3)c2C1.O=Cc1ccccc1C(F)(F)F.c1ccc2ncc(Nc3ncnc4c3CNC4)cc2c1. The van der Waals surface area contributed by atoms with Crippen LogP contribution in [-0.4, -0.2) is 41.1 Å². The Morgan fingerprint density at radius 1 is 0.587 bits per heavy atom. The van der Waals surface area contributed by atoms with Gasteiger partial charge in [0.2, 0.25) is 0 Å². The molecule has 4 aromatic heterocycles. The summed E-state index contributed by atoms with van der Waals surface area (Å²) in [5, 5.41) is 12.0. The first kappa shape index (κ1) is 42.3. The van der Waals surface area contributed by atoms with Crippen LogP contribution in [-0.2, 0) is 45.1 Å². The van der Waals surface area contributed by atoms with E-state index in [-0.39, 0.29) is 24.0 Å². The van der Waals surface area contributed by atoms with Gasteiger partial charge in [-0.05, 0) is 42.0 Å². The number of benzene rings is 4. The summed E-state index contributed by atoms with van der Waals surface area (Å²) in [7, 11) is 0. The van der Waals surface area contributed by atoms with Crippen molar-refractivity contribution in [3.8, 4) is 0 Å². The Kier molecular flexibility index (Phi) is 12.3. The number of anilines is 4. The summed E-state index contributed by atoms with van der Waals surface area (Å²) in [4.78, 5) is 38.3. The summed E-state index contributed by atoms with van der Waals surface area (Å²) in [6.07, 6.45) is -1.98. The lowest BCUT2D eigenvalue weighted by molar-refractivity contribution is -0.139. The minimum absolute atomic E-state index is 0.184. The van der Waals surface area contributed by atoms with E-state index in [1.54, 1.807) is 18.6 Å². The van der Waals surface area contributed by atoms with Crippen molar-refractivity contribution < 1.29 is 31.1 Å². The lowest BCUT2D eigenvalue weighted by atomic mass is 10.1. The molecule has 0 radical (unpaired) electrons. The van der Waals surface area contributed by atoms with Gasteiger partial charge in [0.15, 0.2) is 6.29 Å². The van der Waals surface area contributed by atoms with Gasteiger partial charge in [0, 0.05) is 60.2 Å². The third-order valence-electron chi connectivity index (χ3n) is 10.2. The minimum Gasteiger partial charge on any atom is -0.339 e. The van der Waals surface area contributed by atoms with Crippen LogP contribution in [0.5, 0.6) is 0 Å². The van der Waals surface area contributed by atoms with Gasteiger partial charge in [-0.1, -0.05) is 72.8 Å². The number of fused-ring (bicyclic) bond motifs is 4. The topological polar surface area (TPSA) is 134 Å². The van der Waals surface area contributed by atoms with Crippen molar-refractivity contribution in [1.82, 2.24) is 40.1 Å². The van der Waals surface area contributed by atoms with Crippen LogP contribution >= 0.6 is 0 Å². The molecule has 3 N–H and O–H groups in total. The van der Waals surface area contributed by atoms with Gasteiger partial charge < -0.3 is 16.0 Å². The maximum Gasteiger partial charge on any atom is 0.417 e. The largest absolute Gasteiger partial charge is 0.417 e. The third kappa shape index (κ3) is 10.1. The second kappa shape index (κ2) is 18.3. The van der Waals surface area contributed by atoms with Crippen molar-refractivity contribution in [3.05, 3.63) is 179 Å². The molecule has 0 bridgehead atoms. The van der Waals surface area contributed by atoms with Gasteiger partial charge in [0.1, 0.15) is 24.3 Å². The van der Waals surface area contributed by atoms with Gasteiger partial charge in [0.25, 0.3) is 0 Å². The molecule has 0 unspecified atom stereocenters. The molecule has 10 rings (SSSR count). The lowest BCUT2D eigenvalue weighted by Gasteiger charge is -2.18. The van der Waals surface area contributed by atoms with Gasteiger partial charge in [-0.3, -0.25) is 19.7 Å².